The van der Waals surface area contributed by atoms with Gasteiger partial charge in [-0.05, 0) is 44.3 Å². The van der Waals surface area contributed by atoms with Gasteiger partial charge in [0.15, 0.2) is 0 Å². The Morgan fingerprint density at radius 3 is 2.07 bits per heavy atom. The van der Waals surface area contributed by atoms with Crippen molar-refractivity contribution in [1.82, 2.24) is 5.06 Å². The van der Waals surface area contributed by atoms with Crippen LogP contribution in [0.15, 0.2) is 12.7 Å². The van der Waals surface area contributed by atoms with Crippen LogP contribution in [0.4, 0.5) is 0 Å². The molecule has 0 N–H and O–H groups in total. The van der Waals surface area contributed by atoms with Crippen LogP contribution in [-0.4, -0.2) is 42.7 Å². The van der Waals surface area contributed by atoms with Crippen LogP contribution in [-0.2, 0) is 23.5 Å². The maximum atomic E-state index is 11.9. The topological polar surface area (TPSA) is 65.1 Å². The predicted molar refractivity (Wildman–Crippen MR) is 110 cm³/mol. The molecule has 0 aliphatic carbocycles. The molecule has 0 saturated heterocycles. The van der Waals surface area contributed by atoms with Gasteiger partial charge < -0.3 is 4.74 Å². The summed E-state index contributed by atoms with van der Waals surface area (Å²) in [6, 6.07) is 0. The normalized spacial score (nSPS) is 13.3. The van der Waals surface area contributed by atoms with E-state index in [0.29, 0.717) is 13.2 Å². The number of hydrogen-bond donors (Lipinski definition) is 0. The van der Waals surface area contributed by atoms with Gasteiger partial charge in [0.05, 0.1) is 12.7 Å². The monoisotopic (exact) mass is 404 g/mol. The number of nitrogens with zero attached hydrogens (tertiary/aromatic N) is 1. The number of carbonyl (C=O) groups is 1. The third-order valence-electron chi connectivity index (χ3n) is 3.94. The van der Waals surface area contributed by atoms with E-state index in [9.17, 15) is 9.36 Å². The standard InChI is InChI=1S/C20H39NO5P/c1-7-19(22)21(24-6)16-14-12-10-8-9-11-13-15-17-25-27(23)18(2)26-20(3,4)5/h7,18H,1,8-17H2,2-6H3/q+1. The van der Waals surface area contributed by atoms with Crippen LogP contribution in [0.3, 0.4) is 0 Å². The van der Waals surface area contributed by atoms with Crippen molar-refractivity contribution in [2.75, 3.05) is 20.3 Å². The number of hydrogen-bond acceptors (Lipinski definition) is 5. The van der Waals surface area contributed by atoms with E-state index in [1.165, 1.54) is 31.1 Å². The maximum Gasteiger partial charge on any atom is 0.540 e. The van der Waals surface area contributed by atoms with Gasteiger partial charge in [-0.25, -0.2) is 5.06 Å². The van der Waals surface area contributed by atoms with Crippen LogP contribution in [0.1, 0.15) is 79.1 Å². The highest BCUT2D eigenvalue weighted by Gasteiger charge is 2.32. The first-order chi connectivity index (χ1) is 12.7. The zero-order valence-corrected chi connectivity index (χ0v) is 18.8. The fourth-order valence-corrected chi connectivity index (χ4v) is 3.55. The van der Waals surface area contributed by atoms with Gasteiger partial charge in [-0.1, -0.05) is 45.1 Å². The molecule has 0 aromatic rings. The predicted octanol–water partition coefficient (Wildman–Crippen LogP) is 5.60. The first kappa shape index (κ1) is 26.2. The lowest BCUT2D eigenvalue weighted by molar-refractivity contribution is -0.170. The Kier molecular flexibility index (Phi) is 14.7. The molecule has 0 fully saturated rings. The summed E-state index contributed by atoms with van der Waals surface area (Å²) in [4.78, 5) is 16.4. The zero-order valence-electron chi connectivity index (χ0n) is 17.9. The molecule has 0 radical (unpaired) electrons. The highest BCUT2D eigenvalue weighted by molar-refractivity contribution is 7.39. The molecule has 0 spiro atoms. The summed E-state index contributed by atoms with van der Waals surface area (Å²) in [5, 5.41) is 1.34. The molecule has 7 heteroatoms. The summed E-state index contributed by atoms with van der Waals surface area (Å²) in [5.41, 5.74) is -0.309. The summed E-state index contributed by atoms with van der Waals surface area (Å²) >= 11 is 0. The molecule has 0 saturated carbocycles. The average Bonchev–Trinajstić information content (AvgIpc) is 2.60. The lowest BCUT2D eigenvalue weighted by Crippen LogP contribution is -2.29. The van der Waals surface area contributed by atoms with Gasteiger partial charge >= 0.3 is 8.03 Å². The minimum atomic E-state index is -1.77. The van der Waals surface area contributed by atoms with Gasteiger partial charge in [0, 0.05) is 13.5 Å². The Labute approximate surface area is 166 Å². The molecule has 0 bridgehead atoms. The summed E-state index contributed by atoms with van der Waals surface area (Å²) < 4.78 is 23.0. The molecule has 158 valence electrons. The van der Waals surface area contributed by atoms with Gasteiger partial charge in [-0.2, -0.15) is 0 Å². The van der Waals surface area contributed by atoms with Crippen LogP contribution >= 0.6 is 8.03 Å². The molecule has 6 nitrogen and oxygen atoms in total. The fraction of sp³-hybridized carbons (Fsp3) is 0.850. The average molecular weight is 405 g/mol. The molecular formula is C20H39NO5P+. The third-order valence-corrected chi connectivity index (χ3v) is 5.07. The minimum Gasteiger partial charge on any atom is -0.327 e. The maximum absolute atomic E-state index is 11.9. The Morgan fingerprint density at radius 2 is 1.59 bits per heavy atom. The van der Waals surface area contributed by atoms with Crippen molar-refractivity contribution in [3.63, 3.8) is 0 Å². The highest BCUT2D eigenvalue weighted by Crippen LogP contribution is 2.33. The van der Waals surface area contributed by atoms with Crippen molar-refractivity contribution in [2.45, 2.75) is 90.5 Å². The molecule has 0 aromatic heterocycles. The van der Waals surface area contributed by atoms with Crippen LogP contribution in [0, 0.1) is 0 Å². The van der Waals surface area contributed by atoms with Crippen molar-refractivity contribution in [3.8, 4) is 0 Å². The lowest BCUT2D eigenvalue weighted by atomic mass is 10.1. The van der Waals surface area contributed by atoms with Crippen LogP contribution < -0.4 is 0 Å². The van der Waals surface area contributed by atoms with Gasteiger partial charge in [0.25, 0.3) is 11.8 Å². The summed E-state index contributed by atoms with van der Waals surface area (Å²) in [5.74, 6) is -0.573. The minimum absolute atomic E-state index is 0.194. The lowest BCUT2D eigenvalue weighted by Gasteiger charge is -2.18. The van der Waals surface area contributed by atoms with Crippen LogP contribution in [0.2, 0.25) is 0 Å². The first-order valence-electron chi connectivity index (χ1n) is 9.96. The Morgan fingerprint density at radius 1 is 1.07 bits per heavy atom. The fourth-order valence-electron chi connectivity index (χ4n) is 2.63. The van der Waals surface area contributed by atoms with E-state index in [2.05, 4.69) is 6.58 Å². The molecule has 1 amide bonds. The second-order valence-corrected chi connectivity index (χ2v) is 9.16. The number of ether oxygens (including phenoxy) is 1. The van der Waals surface area contributed by atoms with Gasteiger partial charge in [0.2, 0.25) is 0 Å². The van der Waals surface area contributed by atoms with E-state index >= 15 is 0 Å². The van der Waals surface area contributed by atoms with E-state index in [-0.39, 0.29) is 17.4 Å². The third kappa shape index (κ3) is 14.9. The van der Waals surface area contributed by atoms with Crippen molar-refractivity contribution < 1.29 is 23.5 Å². The molecule has 0 aromatic carbocycles. The van der Waals surface area contributed by atoms with Crippen molar-refractivity contribution >= 4 is 13.9 Å². The van der Waals surface area contributed by atoms with Gasteiger partial charge in [0.1, 0.15) is 6.61 Å². The molecule has 27 heavy (non-hydrogen) atoms. The smallest absolute Gasteiger partial charge is 0.327 e. The number of unbranched alkanes of at least 4 members (excludes halogenated alkanes) is 7. The Balaban J connectivity index is 3.51. The zero-order chi connectivity index (χ0) is 20.7. The van der Waals surface area contributed by atoms with E-state index < -0.39 is 8.03 Å². The second-order valence-electron chi connectivity index (χ2n) is 7.60. The summed E-state index contributed by atoms with van der Waals surface area (Å²) in [7, 11) is -0.271. The first-order valence-corrected chi connectivity index (χ1v) is 11.2. The molecule has 0 rings (SSSR count). The molecule has 0 aliphatic rings. The molecule has 2 atom stereocenters. The molecule has 2 unspecified atom stereocenters. The number of hydroxylamine groups is 2. The van der Waals surface area contributed by atoms with Crippen molar-refractivity contribution in [3.05, 3.63) is 12.7 Å². The number of carbonyl (C=O) groups excluding carboxylic acids is 1. The number of amides is 1. The van der Waals surface area contributed by atoms with Gasteiger partial charge in [-0.15, -0.1) is 4.52 Å². The largest absolute Gasteiger partial charge is 0.540 e. The van der Waals surface area contributed by atoms with Crippen molar-refractivity contribution in [2.24, 2.45) is 0 Å². The second kappa shape index (κ2) is 15.2. The van der Waals surface area contributed by atoms with Crippen LogP contribution in [0.5, 0.6) is 0 Å². The van der Waals surface area contributed by atoms with Gasteiger partial charge in [-0.3, -0.25) is 9.63 Å². The molecule has 0 heterocycles. The quantitative estimate of drug-likeness (QED) is 0.145. The summed E-state index contributed by atoms with van der Waals surface area (Å²) in [6.07, 6.45) is 9.99. The Bertz CT molecular complexity index is 437. The molecule has 0 aliphatic heterocycles. The van der Waals surface area contributed by atoms with E-state index in [4.69, 9.17) is 14.1 Å². The SMILES string of the molecule is C=CC(=O)N(CCCCCCCCCCO[P+](=O)C(C)OC(C)(C)C)OC. The highest BCUT2D eigenvalue weighted by atomic mass is 31.1. The van der Waals surface area contributed by atoms with E-state index in [1.807, 2.05) is 20.8 Å². The van der Waals surface area contributed by atoms with E-state index in [1.54, 1.807) is 6.92 Å². The van der Waals surface area contributed by atoms with Crippen molar-refractivity contribution in [1.29, 1.82) is 0 Å². The van der Waals surface area contributed by atoms with E-state index in [0.717, 1.165) is 38.5 Å². The number of rotatable bonds is 16. The Hall–Kier alpha value is -0.810. The van der Waals surface area contributed by atoms with Crippen LogP contribution in [0.25, 0.3) is 0 Å². The summed E-state index contributed by atoms with van der Waals surface area (Å²) in [6.45, 7) is 12.2. The molecular weight excluding hydrogens is 365 g/mol.